The van der Waals surface area contributed by atoms with Crippen molar-refractivity contribution in [1.29, 1.82) is 0 Å². The summed E-state index contributed by atoms with van der Waals surface area (Å²) >= 11 is 0. The highest BCUT2D eigenvalue weighted by atomic mass is 19.1. The van der Waals surface area contributed by atoms with E-state index >= 15 is 0 Å². The van der Waals surface area contributed by atoms with Crippen LogP contribution in [-0.2, 0) is 0 Å². The second kappa shape index (κ2) is 5.71. The van der Waals surface area contributed by atoms with Gasteiger partial charge in [-0.3, -0.25) is 0 Å². The third kappa shape index (κ3) is 3.88. The van der Waals surface area contributed by atoms with Crippen LogP contribution in [0.25, 0.3) is 0 Å². The fourth-order valence-corrected chi connectivity index (χ4v) is 1.35. The van der Waals surface area contributed by atoms with Crippen molar-refractivity contribution in [2.75, 3.05) is 20.2 Å². The van der Waals surface area contributed by atoms with Gasteiger partial charge in [-0.15, -0.1) is 0 Å². The molecule has 0 fully saturated rings. The first-order valence-electron chi connectivity index (χ1n) is 5.17. The molecule has 1 N–H and O–H groups in total. The van der Waals surface area contributed by atoms with Gasteiger partial charge in [0, 0.05) is 12.5 Å². The van der Waals surface area contributed by atoms with Crippen LogP contribution in [0.1, 0.15) is 12.5 Å². The summed E-state index contributed by atoms with van der Waals surface area (Å²) in [7, 11) is 1.92. The third-order valence-electron chi connectivity index (χ3n) is 2.22. The van der Waals surface area contributed by atoms with E-state index in [-0.39, 0.29) is 5.82 Å². The van der Waals surface area contributed by atoms with Crippen LogP contribution in [0.4, 0.5) is 4.39 Å². The van der Waals surface area contributed by atoms with E-state index in [4.69, 9.17) is 4.74 Å². The molecule has 0 amide bonds. The molecule has 0 radical (unpaired) electrons. The average molecular weight is 211 g/mol. The number of benzene rings is 1. The molecule has 0 saturated heterocycles. The van der Waals surface area contributed by atoms with Crippen LogP contribution in [0, 0.1) is 18.7 Å². The zero-order valence-corrected chi connectivity index (χ0v) is 9.51. The molecule has 0 aromatic heterocycles. The number of ether oxygens (including phenoxy) is 1. The first kappa shape index (κ1) is 12.0. The molecule has 1 rings (SSSR count). The van der Waals surface area contributed by atoms with Crippen LogP contribution >= 0.6 is 0 Å². The zero-order chi connectivity index (χ0) is 11.3. The molecule has 84 valence electrons. The maximum absolute atomic E-state index is 13.0. The molecule has 0 spiro atoms. The zero-order valence-electron chi connectivity index (χ0n) is 9.51. The van der Waals surface area contributed by atoms with Crippen LogP contribution in [0.2, 0.25) is 0 Å². The van der Waals surface area contributed by atoms with Gasteiger partial charge in [-0.25, -0.2) is 4.39 Å². The maximum Gasteiger partial charge on any atom is 0.126 e. The summed E-state index contributed by atoms with van der Waals surface area (Å²) in [4.78, 5) is 0. The van der Waals surface area contributed by atoms with E-state index in [0.717, 1.165) is 12.3 Å². The Morgan fingerprint density at radius 3 is 2.80 bits per heavy atom. The van der Waals surface area contributed by atoms with Crippen LogP contribution < -0.4 is 10.1 Å². The minimum absolute atomic E-state index is 0.189. The highest BCUT2D eigenvalue weighted by molar-refractivity contribution is 5.28. The lowest BCUT2D eigenvalue weighted by Gasteiger charge is -2.12. The van der Waals surface area contributed by atoms with Gasteiger partial charge in [-0.1, -0.05) is 6.92 Å². The van der Waals surface area contributed by atoms with E-state index < -0.39 is 0 Å². The number of hydrogen-bond donors (Lipinski definition) is 1. The maximum atomic E-state index is 13.0. The minimum atomic E-state index is -0.189. The Labute approximate surface area is 90.4 Å². The Bertz CT molecular complexity index is 314. The Morgan fingerprint density at radius 1 is 1.47 bits per heavy atom. The summed E-state index contributed by atoms with van der Waals surface area (Å²) in [5, 5.41) is 3.08. The lowest BCUT2D eigenvalue weighted by atomic mass is 10.2. The summed E-state index contributed by atoms with van der Waals surface area (Å²) in [6.45, 7) is 5.40. The van der Waals surface area contributed by atoms with E-state index in [1.165, 1.54) is 6.07 Å². The van der Waals surface area contributed by atoms with E-state index in [2.05, 4.69) is 12.2 Å². The van der Waals surface area contributed by atoms with Crippen molar-refractivity contribution < 1.29 is 9.13 Å². The summed E-state index contributed by atoms with van der Waals surface area (Å²) in [5.74, 6) is 0.989. The van der Waals surface area contributed by atoms with Crippen molar-refractivity contribution in [3.8, 4) is 5.75 Å². The van der Waals surface area contributed by atoms with Gasteiger partial charge in [-0.2, -0.15) is 0 Å². The molecule has 0 heterocycles. The molecule has 15 heavy (non-hydrogen) atoms. The number of nitrogens with one attached hydrogen (secondary N) is 1. The molecule has 0 bridgehead atoms. The summed E-state index contributed by atoms with van der Waals surface area (Å²) < 4.78 is 18.5. The standard InChI is InChI=1S/C12H18FNO/c1-9(7-14-3)8-15-11-4-5-12(13)10(2)6-11/h4-6,9,14H,7-8H2,1-3H3. The Kier molecular flexibility index (Phi) is 4.56. The first-order valence-corrected chi connectivity index (χ1v) is 5.17. The third-order valence-corrected chi connectivity index (χ3v) is 2.22. The van der Waals surface area contributed by atoms with Gasteiger partial charge < -0.3 is 10.1 Å². The largest absolute Gasteiger partial charge is 0.493 e. The number of halogens is 1. The van der Waals surface area contributed by atoms with Crippen LogP contribution in [0.3, 0.4) is 0 Å². The van der Waals surface area contributed by atoms with Crippen LogP contribution in [0.15, 0.2) is 18.2 Å². The van der Waals surface area contributed by atoms with Crippen molar-refractivity contribution in [3.63, 3.8) is 0 Å². The predicted octanol–water partition coefficient (Wildman–Crippen LogP) is 2.37. The van der Waals surface area contributed by atoms with Gasteiger partial charge >= 0.3 is 0 Å². The average Bonchev–Trinajstić information content (AvgIpc) is 2.20. The second-order valence-electron chi connectivity index (χ2n) is 3.88. The van der Waals surface area contributed by atoms with E-state index in [0.29, 0.717) is 18.1 Å². The van der Waals surface area contributed by atoms with E-state index in [1.807, 2.05) is 7.05 Å². The lowest BCUT2D eigenvalue weighted by Crippen LogP contribution is -2.21. The van der Waals surface area contributed by atoms with Crippen molar-refractivity contribution in [2.45, 2.75) is 13.8 Å². The fourth-order valence-electron chi connectivity index (χ4n) is 1.35. The van der Waals surface area contributed by atoms with Gasteiger partial charge in [0.25, 0.3) is 0 Å². The highest BCUT2D eigenvalue weighted by Crippen LogP contribution is 2.16. The van der Waals surface area contributed by atoms with E-state index in [1.54, 1.807) is 19.1 Å². The predicted molar refractivity (Wildman–Crippen MR) is 59.7 cm³/mol. The second-order valence-corrected chi connectivity index (χ2v) is 3.88. The normalized spacial score (nSPS) is 12.5. The topological polar surface area (TPSA) is 21.3 Å². The van der Waals surface area contributed by atoms with E-state index in [9.17, 15) is 4.39 Å². The van der Waals surface area contributed by atoms with Crippen LogP contribution in [0.5, 0.6) is 5.75 Å². The van der Waals surface area contributed by atoms with Crippen LogP contribution in [-0.4, -0.2) is 20.2 Å². The monoisotopic (exact) mass is 211 g/mol. The molecule has 1 aromatic rings. The molecule has 0 aliphatic carbocycles. The molecule has 1 aromatic carbocycles. The summed E-state index contributed by atoms with van der Waals surface area (Å²) in [5.41, 5.74) is 0.619. The molecule has 0 saturated carbocycles. The quantitative estimate of drug-likeness (QED) is 0.807. The van der Waals surface area contributed by atoms with Crippen molar-refractivity contribution in [1.82, 2.24) is 5.32 Å². The van der Waals surface area contributed by atoms with Gasteiger partial charge in [-0.05, 0) is 37.7 Å². The van der Waals surface area contributed by atoms with Gasteiger partial charge in [0.2, 0.25) is 0 Å². The highest BCUT2D eigenvalue weighted by Gasteiger charge is 2.03. The number of rotatable bonds is 5. The van der Waals surface area contributed by atoms with Crippen molar-refractivity contribution in [2.24, 2.45) is 5.92 Å². The Hall–Kier alpha value is -1.09. The van der Waals surface area contributed by atoms with Gasteiger partial charge in [0.15, 0.2) is 0 Å². The Morgan fingerprint density at radius 2 is 2.20 bits per heavy atom. The number of aryl methyl sites for hydroxylation is 1. The molecular weight excluding hydrogens is 193 g/mol. The number of hydrogen-bond acceptors (Lipinski definition) is 2. The molecule has 3 heteroatoms. The molecule has 2 nitrogen and oxygen atoms in total. The Balaban J connectivity index is 2.47. The molecule has 1 unspecified atom stereocenters. The van der Waals surface area contributed by atoms with Crippen molar-refractivity contribution >= 4 is 0 Å². The van der Waals surface area contributed by atoms with Gasteiger partial charge in [0.1, 0.15) is 11.6 Å². The smallest absolute Gasteiger partial charge is 0.126 e. The molecule has 1 atom stereocenters. The fraction of sp³-hybridized carbons (Fsp3) is 0.500. The lowest BCUT2D eigenvalue weighted by molar-refractivity contribution is 0.257. The molecule has 0 aliphatic rings. The summed E-state index contributed by atoms with van der Waals surface area (Å²) in [6.07, 6.45) is 0. The SMILES string of the molecule is CNCC(C)COc1ccc(F)c(C)c1. The van der Waals surface area contributed by atoms with Crippen molar-refractivity contribution in [3.05, 3.63) is 29.6 Å². The van der Waals surface area contributed by atoms with Gasteiger partial charge in [0.05, 0.1) is 6.61 Å². The molecular formula is C12H18FNO. The summed E-state index contributed by atoms with van der Waals surface area (Å²) in [6, 6.07) is 4.82. The first-order chi connectivity index (χ1) is 7.13. The minimum Gasteiger partial charge on any atom is -0.493 e. The molecule has 0 aliphatic heterocycles.